The number of nitrogens with two attached hydrogens (primary N) is 1. The fourth-order valence-corrected chi connectivity index (χ4v) is 1.51. The van der Waals surface area contributed by atoms with Gasteiger partial charge in [0.2, 0.25) is 0 Å². The molecule has 4 N–H and O–H groups in total. The molecular formula is C10H19N5. The lowest BCUT2D eigenvalue weighted by Crippen LogP contribution is -2.28. The molecule has 1 heterocycles. The fraction of sp³-hybridized carbons (Fsp3) is 0.600. The summed E-state index contributed by atoms with van der Waals surface area (Å²) in [7, 11) is 0. The quantitative estimate of drug-likeness (QED) is 0.262. The summed E-state index contributed by atoms with van der Waals surface area (Å²) in [5.41, 5.74) is 3.63. The van der Waals surface area contributed by atoms with Gasteiger partial charge in [-0.2, -0.15) is 15.4 Å². The summed E-state index contributed by atoms with van der Waals surface area (Å²) in [6, 6.07) is 0.104. The highest BCUT2D eigenvalue weighted by atomic mass is 15.3. The first-order valence-corrected chi connectivity index (χ1v) is 5.31. The Kier molecular flexibility index (Phi) is 5.65. The van der Waals surface area contributed by atoms with Gasteiger partial charge < -0.3 is 0 Å². The second kappa shape index (κ2) is 7.14. The third-order valence-corrected chi connectivity index (χ3v) is 2.39. The lowest BCUT2D eigenvalue weighted by molar-refractivity contribution is 0.474. The van der Waals surface area contributed by atoms with Gasteiger partial charge in [0, 0.05) is 0 Å². The minimum Gasteiger partial charge on any atom is -0.271 e. The summed E-state index contributed by atoms with van der Waals surface area (Å²) in [6.45, 7) is 3.70. The zero-order valence-corrected chi connectivity index (χ0v) is 8.95. The van der Waals surface area contributed by atoms with Crippen molar-refractivity contribution < 1.29 is 0 Å². The maximum Gasteiger partial charge on any atom is 0.101 e. The van der Waals surface area contributed by atoms with E-state index in [2.05, 4.69) is 27.4 Å². The van der Waals surface area contributed by atoms with E-state index in [1.807, 2.05) is 6.08 Å². The molecule has 5 nitrogen and oxygen atoms in total. The molecule has 15 heavy (non-hydrogen) atoms. The van der Waals surface area contributed by atoms with Crippen molar-refractivity contribution in [3.63, 3.8) is 0 Å². The van der Waals surface area contributed by atoms with Crippen molar-refractivity contribution in [2.75, 3.05) is 0 Å². The monoisotopic (exact) mass is 209 g/mol. The zero-order chi connectivity index (χ0) is 10.9. The van der Waals surface area contributed by atoms with E-state index in [1.54, 1.807) is 6.20 Å². The van der Waals surface area contributed by atoms with Crippen molar-refractivity contribution in [1.29, 1.82) is 0 Å². The van der Waals surface area contributed by atoms with Crippen molar-refractivity contribution >= 4 is 0 Å². The van der Waals surface area contributed by atoms with Crippen LogP contribution in [-0.2, 0) is 0 Å². The smallest absolute Gasteiger partial charge is 0.101 e. The third kappa shape index (κ3) is 4.22. The summed E-state index contributed by atoms with van der Waals surface area (Å²) >= 11 is 0. The normalized spacial score (nSPS) is 12.6. The fourth-order valence-electron chi connectivity index (χ4n) is 1.51. The molecule has 0 saturated heterocycles. The molecule has 0 amide bonds. The van der Waals surface area contributed by atoms with Crippen LogP contribution in [-0.4, -0.2) is 15.4 Å². The summed E-state index contributed by atoms with van der Waals surface area (Å²) in [4.78, 5) is 0. The highest BCUT2D eigenvalue weighted by Gasteiger charge is 2.11. The summed E-state index contributed by atoms with van der Waals surface area (Å²) in [5.74, 6) is 5.46. The van der Waals surface area contributed by atoms with E-state index in [0.717, 1.165) is 25.0 Å². The molecule has 0 fully saturated rings. The van der Waals surface area contributed by atoms with Crippen LogP contribution in [0.5, 0.6) is 0 Å². The predicted molar refractivity (Wildman–Crippen MR) is 59.7 cm³/mol. The van der Waals surface area contributed by atoms with Crippen molar-refractivity contribution in [2.45, 2.75) is 38.1 Å². The van der Waals surface area contributed by atoms with E-state index in [-0.39, 0.29) is 6.04 Å². The molecule has 1 aromatic heterocycles. The lowest BCUT2D eigenvalue weighted by Gasteiger charge is -2.11. The van der Waals surface area contributed by atoms with E-state index in [9.17, 15) is 0 Å². The molecule has 1 unspecified atom stereocenters. The van der Waals surface area contributed by atoms with Gasteiger partial charge in [0.25, 0.3) is 0 Å². The Morgan fingerprint density at radius 3 is 3.00 bits per heavy atom. The molecule has 1 atom stereocenters. The van der Waals surface area contributed by atoms with Gasteiger partial charge in [0.1, 0.15) is 5.69 Å². The number of hydrazine groups is 1. The van der Waals surface area contributed by atoms with Crippen molar-refractivity contribution in [1.82, 2.24) is 20.8 Å². The zero-order valence-electron chi connectivity index (χ0n) is 8.95. The Hall–Kier alpha value is -1.20. The van der Waals surface area contributed by atoms with Gasteiger partial charge in [-0.05, 0) is 19.3 Å². The lowest BCUT2D eigenvalue weighted by atomic mass is 10.1. The molecule has 0 bridgehead atoms. The first kappa shape index (κ1) is 11.9. The number of hydrogen-bond donors (Lipinski definition) is 3. The molecule has 0 aliphatic carbocycles. The number of aromatic nitrogens is 3. The van der Waals surface area contributed by atoms with Gasteiger partial charge in [-0.15, -0.1) is 6.58 Å². The van der Waals surface area contributed by atoms with Gasteiger partial charge in [-0.3, -0.25) is 11.3 Å². The molecule has 1 aromatic rings. The third-order valence-electron chi connectivity index (χ3n) is 2.39. The maximum absolute atomic E-state index is 5.46. The van der Waals surface area contributed by atoms with E-state index in [1.165, 1.54) is 12.8 Å². The highest BCUT2D eigenvalue weighted by molar-refractivity contribution is 4.98. The largest absolute Gasteiger partial charge is 0.271 e. The minimum absolute atomic E-state index is 0.104. The first-order valence-electron chi connectivity index (χ1n) is 5.31. The Labute approximate surface area is 90.1 Å². The van der Waals surface area contributed by atoms with Gasteiger partial charge in [0.05, 0.1) is 12.2 Å². The standard InChI is InChI=1S/C10H19N5/c1-2-3-4-5-6-7-9(13-11)10-8-12-15-14-10/h2,8-9,13H,1,3-7,11H2,(H,12,14,15). The van der Waals surface area contributed by atoms with Gasteiger partial charge >= 0.3 is 0 Å². The Balaban J connectivity index is 2.20. The van der Waals surface area contributed by atoms with Crippen LogP contribution in [0.15, 0.2) is 18.9 Å². The molecule has 0 saturated carbocycles. The Bertz CT molecular complexity index is 257. The number of allylic oxidation sites excluding steroid dienone is 1. The minimum atomic E-state index is 0.104. The Morgan fingerprint density at radius 2 is 2.40 bits per heavy atom. The van der Waals surface area contributed by atoms with Gasteiger partial charge in [-0.1, -0.05) is 18.9 Å². The number of hydrogen-bond acceptors (Lipinski definition) is 4. The molecule has 0 aliphatic rings. The summed E-state index contributed by atoms with van der Waals surface area (Å²) in [6.07, 6.45) is 9.26. The average molecular weight is 209 g/mol. The number of aromatic amines is 1. The molecule has 0 aliphatic heterocycles. The van der Waals surface area contributed by atoms with Crippen LogP contribution in [0.4, 0.5) is 0 Å². The van der Waals surface area contributed by atoms with Crippen LogP contribution in [0.25, 0.3) is 0 Å². The molecule has 5 heteroatoms. The van der Waals surface area contributed by atoms with Crippen LogP contribution < -0.4 is 11.3 Å². The van der Waals surface area contributed by atoms with Crippen LogP contribution in [0.3, 0.4) is 0 Å². The summed E-state index contributed by atoms with van der Waals surface area (Å²) in [5, 5.41) is 10.4. The van der Waals surface area contributed by atoms with Gasteiger partial charge in [-0.25, -0.2) is 0 Å². The number of unbranched alkanes of at least 4 members (excludes halogenated alkanes) is 3. The molecule has 0 radical (unpaired) electrons. The van der Waals surface area contributed by atoms with Crippen LogP contribution in [0.2, 0.25) is 0 Å². The predicted octanol–water partition coefficient (Wildman–Crippen LogP) is 1.45. The average Bonchev–Trinajstić information content (AvgIpc) is 2.77. The second-order valence-corrected chi connectivity index (χ2v) is 3.54. The van der Waals surface area contributed by atoms with E-state index in [4.69, 9.17) is 5.84 Å². The molecule has 0 spiro atoms. The SMILES string of the molecule is C=CCCCCCC(NN)c1cn[nH]n1. The van der Waals surface area contributed by atoms with Gasteiger partial charge in [0.15, 0.2) is 0 Å². The highest BCUT2D eigenvalue weighted by Crippen LogP contribution is 2.16. The van der Waals surface area contributed by atoms with E-state index in [0.29, 0.717) is 0 Å². The number of H-pyrrole nitrogens is 1. The number of nitrogens with zero attached hydrogens (tertiary/aromatic N) is 2. The van der Waals surface area contributed by atoms with E-state index < -0.39 is 0 Å². The molecule has 1 rings (SSSR count). The van der Waals surface area contributed by atoms with Crippen molar-refractivity contribution in [2.24, 2.45) is 5.84 Å². The molecular weight excluding hydrogens is 190 g/mol. The van der Waals surface area contributed by atoms with Crippen molar-refractivity contribution in [3.05, 3.63) is 24.5 Å². The number of rotatable bonds is 8. The molecule has 84 valence electrons. The van der Waals surface area contributed by atoms with Crippen LogP contribution in [0.1, 0.15) is 43.8 Å². The second-order valence-electron chi connectivity index (χ2n) is 3.54. The van der Waals surface area contributed by atoms with E-state index >= 15 is 0 Å². The van der Waals surface area contributed by atoms with Crippen LogP contribution >= 0.6 is 0 Å². The number of nitrogens with one attached hydrogen (secondary N) is 2. The molecule has 0 aromatic carbocycles. The topological polar surface area (TPSA) is 79.6 Å². The Morgan fingerprint density at radius 1 is 1.53 bits per heavy atom. The maximum atomic E-state index is 5.46. The van der Waals surface area contributed by atoms with Crippen LogP contribution in [0, 0.1) is 0 Å². The van der Waals surface area contributed by atoms with Crippen molar-refractivity contribution in [3.8, 4) is 0 Å². The first-order chi connectivity index (χ1) is 7.38. The summed E-state index contributed by atoms with van der Waals surface area (Å²) < 4.78 is 0.